The molecule has 0 bridgehead atoms. The molecule has 0 aliphatic heterocycles. The van der Waals surface area contributed by atoms with E-state index in [4.69, 9.17) is 14.2 Å². The average Bonchev–Trinajstić information content (AvgIpc) is 2.72. The highest BCUT2D eigenvalue weighted by Crippen LogP contribution is 2.40. The van der Waals surface area contributed by atoms with E-state index in [2.05, 4.69) is 55.3 Å². The highest BCUT2D eigenvalue weighted by atomic mass is 16.5. The number of pyridine rings is 1. The van der Waals surface area contributed by atoms with Crippen LogP contribution in [0, 0.1) is 0 Å². The molecule has 29 heavy (non-hydrogen) atoms. The second kappa shape index (κ2) is 8.43. The quantitative estimate of drug-likeness (QED) is 0.573. The Morgan fingerprint density at radius 2 is 1.38 bits per heavy atom. The minimum absolute atomic E-state index is 0.135. The van der Waals surface area contributed by atoms with Crippen molar-refractivity contribution in [3.05, 3.63) is 60.3 Å². The normalized spacial score (nSPS) is 11.1. The largest absolute Gasteiger partial charge is 0.493 e. The topological polar surface area (TPSA) is 52.6 Å². The predicted octanol–water partition coefficient (Wildman–Crippen LogP) is 5.82. The van der Waals surface area contributed by atoms with Gasteiger partial charge in [-0.25, -0.2) is 4.98 Å². The SMILES string of the molecule is COc1cc(Nc2cc(-c3ccc(C(C)(C)C)cc3)ccn2)cc(OC)c1OC. The fourth-order valence-corrected chi connectivity index (χ4v) is 3.14. The molecule has 1 aromatic heterocycles. The molecule has 2 aromatic carbocycles. The lowest BCUT2D eigenvalue weighted by Gasteiger charge is -2.19. The van der Waals surface area contributed by atoms with Crippen molar-refractivity contribution in [3.8, 4) is 28.4 Å². The zero-order valence-corrected chi connectivity index (χ0v) is 17.9. The van der Waals surface area contributed by atoms with Gasteiger partial charge in [-0.3, -0.25) is 0 Å². The zero-order chi connectivity index (χ0) is 21.0. The summed E-state index contributed by atoms with van der Waals surface area (Å²) in [6.07, 6.45) is 1.80. The summed E-state index contributed by atoms with van der Waals surface area (Å²) in [5.74, 6) is 2.46. The Kier molecular flexibility index (Phi) is 5.97. The molecule has 0 radical (unpaired) electrons. The Morgan fingerprint density at radius 1 is 0.759 bits per heavy atom. The van der Waals surface area contributed by atoms with Crippen LogP contribution in [0.25, 0.3) is 11.1 Å². The van der Waals surface area contributed by atoms with E-state index in [-0.39, 0.29) is 5.41 Å². The van der Waals surface area contributed by atoms with Gasteiger partial charge in [0.1, 0.15) is 5.82 Å². The number of ether oxygens (including phenoxy) is 3. The third kappa shape index (κ3) is 4.62. The highest BCUT2D eigenvalue weighted by molar-refractivity contribution is 5.71. The van der Waals surface area contributed by atoms with Crippen molar-refractivity contribution in [3.63, 3.8) is 0 Å². The Balaban J connectivity index is 1.89. The van der Waals surface area contributed by atoms with Gasteiger partial charge < -0.3 is 19.5 Å². The molecule has 0 saturated carbocycles. The monoisotopic (exact) mass is 392 g/mol. The van der Waals surface area contributed by atoms with Crippen LogP contribution in [0.15, 0.2) is 54.7 Å². The van der Waals surface area contributed by atoms with E-state index in [1.807, 2.05) is 24.3 Å². The van der Waals surface area contributed by atoms with Gasteiger partial charge in [0.05, 0.1) is 21.3 Å². The Bertz CT molecular complexity index is 951. The van der Waals surface area contributed by atoms with E-state index in [9.17, 15) is 0 Å². The fraction of sp³-hybridized carbons (Fsp3) is 0.292. The molecule has 0 aliphatic rings. The molecule has 152 valence electrons. The molecule has 0 spiro atoms. The predicted molar refractivity (Wildman–Crippen MR) is 118 cm³/mol. The summed E-state index contributed by atoms with van der Waals surface area (Å²) in [5, 5.41) is 3.32. The standard InChI is InChI=1S/C24H28N2O3/c1-24(2,3)18-9-7-16(8-10-18)17-11-12-25-22(13-17)26-19-14-20(27-4)23(29-6)21(15-19)28-5/h7-15H,1-6H3,(H,25,26). The number of methoxy groups -OCH3 is 3. The van der Waals surface area contributed by atoms with Crippen molar-refractivity contribution < 1.29 is 14.2 Å². The molecule has 3 rings (SSSR count). The maximum absolute atomic E-state index is 5.42. The highest BCUT2D eigenvalue weighted by Gasteiger charge is 2.15. The fourth-order valence-electron chi connectivity index (χ4n) is 3.14. The number of rotatable bonds is 6. The van der Waals surface area contributed by atoms with Gasteiger partial charge in [-0.1, -0.05) is 45.0 Å². The first-order valence-corrected chi connectivity index (χ1v) is 9.49. The first-order chi connectivity index (χ1) is 13.9. The minimum Gasteiger partial charge on any atom is -0.493 e. The molecular formula is C24H28N2O3. The molecule has 0 amide bonds. The van der Waals surface area contributed by atoms with E-state index >= 15 is 0 Å². The van der Waals surface area contributed by atoms with Crippen LogP contribution >= 0.6 is 0 Å². The molecule has 0 saturated heterocycles. The first-order valence-electron chi connectivity index (χ1n) is 9.49. The zero-order valence-electron chi connectivity index (χ0n) is 17.9. The molecule has 0 unspecified atom stereocenters. The molecule has 1 N–H and O–H groups in total. The molecule has 0 aliphatic carbocycles. The smallest absolute Gasteiger partial charge is 0.203 e. The van der Waals surface area contributed by atoms with Crippen molar-refractivity contribution in [1.29, 1.82) is 0 Å². The van der Waals surface area contributed by atoms with Gasteiger partial charge in [-0.2, -0.15) is 0 Å². The first kappa shape index (κ1) is 20.5. The number of hydrogen-bond donors (Lipinski definition) is 1. The second-order valence-electron chi connectivity index (χ2n) is 7.80. The maximum Gasteiger partial charge on any atom is 0.203 e. The summed E-state index contributed by atoms with van der Waals surface area (Å²) >= 11 is 0. The molecular weight excluding hydrogens is 364 g/mol. The van der Waals surface area contributed by atoms with E-state index in [0.29, 0.717) is 17.2 Å². The Labute approximate surface area is 172 Å². The Morgan fingerprint density at radius 3 is 1.90 bits per heavy atom. The lowest BCUT2D eigenvalue weighted by Crippen LogP contribution is -2.10. The molecule has 3 aromatic rings. The molecule has 5 heteroatoms. The third-order valence-electron chi connectivity index (χ3n) is 4.78. The second-order valence-corrected chi connectivity index (χ2v) is 7.80. The summed E-state index contributed by atoms with van der Waals surface area (Å²) in [7, 11) is 4.78. The maximum atomic E-state index is 5.42. The van der Waals surface area contributed by atoms with Gasteiger partial charge in [-0.15, -0.1) is 0 Å². The summed E-state index contributed by atoms with van der Waals surface area (Å²) in [6.45, 7) is 6.65. The van der Waals surface area contributed by atoms with Crippen LogP contribution in [0.5, 0.6) is 17.2 Å². The summed E-state index contributed by atoms with van der Waals surface area (Å²) in [5.41, 5.74) is 4.48. The van der Waals surface area contributed by atoms with Crippen LogP contribution in [0.3, 0.4) is 0 Å². The van der Waals surface area contributed by atoms with Crippen molar-refractivity contribution in [2.75, 3.05) is 26.6 Å². The molecule has 5 nitrogen and oxygen atoms in total. The van der Waals surface area contributed by atoms with Gasteiger partial charge in [0.15, 0.2) is 11.5 Å². The van der Waals surface area contributed by atoms with Crippen molar-refractivity contribution in [1.82, 2.24) is 4.98 Å². The van der Waals surface area contributed by atoms with Crippen molar-refractivity contribution in [2.45, 2.75) is 26.2 Å². The van der Waals surface area contributed by atoms with Gasteiger partial charge >= 0.3 is 0 Å². The van der Waals surface area contributed by atoms with E-state index < -0.39 is 0 Å². The summed E-state index contributed by atoms with van der Waals surface area (Å²) in [6, 6.07) is 16.4. The number of hydrogen-bond acceptors (Lipinski definition) is 5. The molecule has 1 heterocycles. The van der Waals surface area contributed by atoms with Gasteiger partial charge in [0.2, 0.25) is 5.75 Å². The number of aromatic nitrogens is 1. The lowest BCUT2D eigenvalue weighted by molar-refractivity contribution is 0.324. The number of anilines is 2. The minimum atomic E-state index is 0.135. The van der Waals surface area contributed by atoms with Crippen molar-refractivity contribution >= 4 is 11.5 Å². The summed E-state index contributed by atoms with van der Waals surface area (Å²) in [4.78, 5) is 4.45. The summed E-state index contributed by atoms with van der Waals surface area (Å²) < 4.78 is 16.2. The van der Waals surface area contributed by atoms with Crippen LogP contribution < -0.4 is 19.5 Å². The number of benzene rings is 2. The van der Waals surface area contributed by atoms with E-state index in [1.165, 1.54) is 5.56 Å². The number of nitrogens with zero attached hydrogens (tertiary/aromatic N) is 1. The number of nitrogens with one attached hydrogen (secondary N) is 1. The Hall–Kier alpha value is -3.21. The third-order valence-corrected chi connectivity index (χ3v) is 4.78. The molecule has 0 atom stereocenters. The lowest BCUT2D eigenvalue weighted by atomic mass is 9.86. The van der Waals surface area contributed by atoms with E-state index in [1.54, 1.807) is 27.5 Å². The van der Waals surface area contributed by atoms with Crippen LogP contribution in [0.1, 0.15) is 26.3 Å². The van der Waals surface area contributed by atoms with E-state index in [0.717, 1.165) is 22.6 Å². The van der Waals surface area contributed by atoms with Gasteiger partial charge in [-0.05, 0) is 34.2 Å². The van der Waals surface area contributed by atoms with Gasteiger partial charge in [0, 0.05) is 24.0 Å². The van der Waals surface area contributed by atoms with Crippen molar-refractivity contribution in [2.24, 2.45) is 0 Å². The average molecular weight is 392 g/mol. The van der Waals surface area contributed by atoms with Crippen LogP contribution in [-0.4, -0.2) is 26.3 Å². The van der Waals surface area contributed by atoms with Crippen LogP contribution in [0.4, 0.5) is 11.5 Å². The van der Waals surface area contributed by atoms with Crippen LogP contribution in [-0.2, 0) is 5.41 Å². The van der Waals surface area contributed by atoms with Crippen LogP contribution in [0.2, 0.25) is 0 Å². The van der Waals surface area contributed by atoms with Gasteiger partial charge in [0.25, 0.3) is 0 Å². The molecule has 0 fully saturated rings.